The van der Waals surface area contributed by atoms with E-state index in [1.807, 2.05) is 7.11 Å². The molecule has 20 heavy (non-hydrogen) atoms. The summed E-state index contributed by atoms with van der Waals surface area (Å²) in [4.78, 5) is 0. The predicted octanol–water partition coefficient (Wildman–Crippen LogP) is 4.30. The van der Waals surface area contributed by atoms with Gasteiger partial charge in [-0.15, -0.1) is 0 Å². The minimum absolute atomic E-state index is 0.0181. The summed E-state index contributed by atoms with van der Waals surface area (Å²) in [5, 5.41) is 0. The fourth-order valence-corrected chi connectivity index (χ4v) is 3.96. The van der Waals surface area contributed by atoms with Crippen LogP contribution >= 0.6 is 0 Å². The van der Waals surface area contributed by atoms with E-state index in [0.717, 1.165) is 18.8 Å². The lowest BCUT2D eigenvalue weighted by molar-refractivity contribution is -0.0598. The molecule has 0 saturated heterocycles. The molecule has 0 radical (unpaired) electrons. The Bertz CT molecular complexity index is 446. The number of hydrogen-bond acceptors (Lipinski definition) is 2. The molecule has 1 atom stereocenters. The Balaban J connectivity index is 1.90. The quantitative estimate of drug-likeness (QED) is 0.887. The topological polar surface area (TPSA) is 35.2 Å². The second kappa shape index (κ2) is 5.87. The third-order valence-electron chi connectivity index (χ3n) is 5.55. The summed E-state index contributed by atoms with van der Waals surface area (Å²) in [6, 6.07) is 8.82. The Kier molecular flexibility index (Phi) is 4.13. The highest BCUT2D eigenvalue weighted by Gasteiger charge is 2.40. The van der Waals surface area contributed by atoms with Crippen LogP contribution in [-0.2, 0) is 4.74 Å². The molecule has 0 aliphatic heterocycles. The van der Waals surface area contributed by atoms with Gasteiger partial charge in [-0.05, 0) is 42.7 Å². The van der Waals surface area contributed by atoms with E-state index in [4.69, 9.17) is 10.5 Å². The van der Waals surface area contributed by atoms with Crippen molar-refractivity contribution < 1.29 is 4.74 Å². The van der Waals surface area contributed by atoms with Crippen molar-refractivity contribution in [1.82, 2.24) is 0 Å². The van der Waals surface area contributed by atoms with Gasteiger partial charge in [0.05, 0.1) is 11.6 Å². The smallest absolute Gasteiger partial charge is 0.0870 e. The van der Waals surface area contributed by atoms with Crippen molar-refractivity contribution in [3.05, 3.63) is 35.4 Å². The zero-order chi connectivity index (χ0) is 14.0. The van der Waals surface area contributed by atoms with Gasteiger partial charge >= 0.3 is 0 Å². The first-order valence-electron chi connectivity index (χ1n) is 8.16. The van der Waals surface area contributed by atoms with Crippen LogP contribution in [0.1, 0.15) is 74.5 Å². The molecule has 2 aliphatic carbocycles. The number of rotatable bonds is 4. The first-order chi connectivity index (χ1) is 9.77. The molecular weight excluding hydrogens is 246 g/mol. The molecule has 2 N–H and O–H groups in total. The van der Waals surface area contributed by atoms with Crippen LogP contribution in [0, 0.1) is 0 Å². The van der Waals surface area contributed by atoms with E-state index in [-0.39, 0.29) is 11.6 Å². The van der Waals surface area contributed by atoms with Crippen molar-refractivity contribution in [3.63, 3.8) is 0 Å². The van der Waals surface area contributed by atoms with Crippen molar-refractivity contribution >= 4 is 0 Å². The van der Waals surface area contributed by atoms with Gasteiger partial charge in [0.2, 0.25) is 0 Å². The van der Waals surface area contributed by atoms with Crippen LogP contribution in [0.15, 0.2) is 24.3 Å². The monoisotopic (exact) mass is 273 g/mol. The van der Waals surface area contributed by atoms with Crippen LogP contribution in [-0.4, -0.2) is 12.7 Å². The van der Waals surface area contributed by atoms with Crippen molar-refractivity contribution in [2.24, 2.45) is 5.73 Å². The van der Waals surface area contributed by atoms with Gasteiger partial charge in [-0.25, -0.2) is 0 Å². The summed E-state index contributed by atoms with van der Waals surface area (Å²) < 4.78 is 5.96. The molecule has 0 spiro atoms. The van der Waals surface area contributed by atoms with E-state index < -0.39 is 0 Å². The Morgan fingerprint density at radius 2 is 1.80 bits per heavy atom. The fourth-order valence-electron chi connectivity index (χ4n) is 3.96. The number of ether oxygens (including phenoxy) is 1. The standard InChI is InChI=1S/C18H27NO/c1-20-18(12-5-2-6-13-18)17(19)16-11-4-3-10-15(16)14-8-7-9-14/h3-4,10-11,14,17H,2,5-9,12-13,19H2,1H3. The number of hydrogen-bond donors (Lipinski definition) is 1. The lowest BCUT2D eigenvalue weighted by Gasteiger charge is -2.42. The molecular formula is C18H27NO. The summed E-state index contributed by atoms with van der Waals surface area (Å²) in [6.07, 6.45) is 10.0. The van der Waals surface area contributed by atoms with Crippen molar-refractivity contribution in [2.75, 3.05) is 7.11 Å². The maximum absolute atomic E-state index is 6.71. The Morgan fingerprint density at radius 1 is 1.10 bits per heavy atom. The van der Waals surface area contributed by atoms with E-state index in [1.54, 1.807) is 0 Å². The first-order valence-corrected chi connectivity index (χ1v) is 8.16. The lowest BCUT2D eigenvalue weighted by Crippen LogP contribution is -2.45. The van der Waals surface area contributed by atoms with E-state index in [0.29, 0.717) is 0 Å². The molecule has 2 aliphatic rings. The summed E-state index contributed by atoms with van der Waals surface area (Å²) in [6.45, 7) is 0. The molecule has 0 amide bonds. The minimum Gasteiger partial charge on any atom is -0.376 e. The summed E-state index contributed by atoms with van der Waals surface area (Å²) in [5.74, 6) is 0.731. The molecule has 0 aromatic heterocycles. The predicted molar refractivity (Wildman–Crippen MR) is 82.8 cm³/mol. The van der Waals surface area contributed by atoms with Crippen LogP contribution in [0.3, 0.4) is 0 Å². The minimum atomic E-state index is -0.141. The Hall–Kier alpha value is -0.860. The van der Waals surface area contributed by atoms with Crippen LogP contribution in [0.4, 0.5) is 0 Å². The largest absolute Gasteiger partial charge is 0.376 e. The summed E-state index contributed by atoms with van der Waals surface area (Å²) in [7, 11) is 1.84. The van der Waals surface area contributed by atoms with Crippen LogP contribution < -0.4 is 5.73 Å². The molecule has 0 heterocycles. The van der Waals surface area contributed by atoms with E-state index in [9.17, 15) is 0 Å². The maximum atomic E-state index is 6.71. The van der Waals surface area contributed by atoms with Gasteiger partial charge in [0.1, 0.15) is 0 Å². The van der Waals surface area contributed by atoms with Gasteiger partial charge in [0.25, 0.3) is 0 Å². The highest BCUT2D eigenvalue weighted by molar-refractivity contribution is 5.35. The molecule has 2 fully saturated rings. The zero-order valence-electron chi connectivity index (χ0n) is 12.6. The van der Waals surface area contributed by atoms with Crippen molar-refractivity contribution in [3.8, 4) is 0 Å². The highest BCUT2D eigenvalue weighted by atomic mass is 16.5. The average Bonchev–Trinajstić information content (AvgIpc) is 2.46. The fraction of sp³-hybridized carbons (Fsp3) is 0.667. The third-order valence-corrected chi connectivity index (χ3v) is 5.55. The van der Waals surface area contributed by atoms with Gasteiger partial charge in [-0.2, -0.15) is 0 Å². The molecule has 2 saturated carbocycles. The summed E-state index contributed by atoms with van der Waals surface area (Å²) in [5.41, 5.74) is 9.38. The van der Waals surface area contributed by atoms with Gasteiger partial charge < -0.3 is 10.5 Å². The maximum Gasteiger partial charge on any atom is 0.0870 e. The van der Waals surface area contributed by atoms with Gasteiger partial charge in [-0.1, -0.05) is 49.9 Å². The molecule has 2 nitrogen and oxygen atoms in total. The SMILES string of the molecule is COC1(C(N)c2ccccc2C2CCC2)CCCCC1. The molecule has 3 rings (SSSR count). The average molecular weight is 273 g/mol. The zero-order valence-corrected chi connectivity index (χ0v) is 12.6. The molecule has 1 unspecified atom stereocenters. The third kappa shape index (κ3) is 2.40. The van der Waals surface area contributed by atoms with Crippen molar-refractivity contribution in [1.29, 1.82) is 0 Å². The van der Waals surface area contributed by atoms with Gasteiger partial charge in [0, 0.05) is 7.11 Å². The van der Waals surface area contributed by atoms with E-state index in [2.05, 4.69) is 24.3 Å². The number of nitrogens with two attached hydrogens (primary N) is 1. The molecule has 1 aromatic rings. The molecule has 1 aromatic carbocycles. The molecule has 110 valence electrons. The van der Waals surface area contributed by atoms with Crippen LogP contribution in [0.5, 0.6) is 0 Å². The van der Waals surface area contributed by atoms with Crippen molar-refractivity contribution in [2.45, 2.75) is 68.9 Å². The second-order valence-corrected chi connectivity index (χ2v) is 6.56. The number of methoxy groups -OCH3 is 1. The van der Waals surface area contributed by atoms with Gasteiger partial charge in [-0.3, -0.25) is 0 Å². The Morgan fingerprint density at radius 3 is 2.40 bits per heavy atom. The summed E-state index contributed by atoms with van der Waals surface area (Å²) >= 11 is 0. The van der Waals surface area contributed by atoms with E-state index in [1.165, 1.54) is 49.7 Å². The molecule has 0 bridgehead atoms. The molecule has 2 heteroatoms. The lowest BCUT2D eigenvalue weighted by atomic mass is 9.72. The first kappa shape index (κ1) is 14.1. The number of benzene rings is 1. The second-order valence-electron chi connectivity index (χ2n) is 6.56. The normalized spacial score (nSPS) is 24.1. The van der Waals surface area contributed by atoms with E-state index >= 15 is 0 Å². The van der Waals surface area contributed by atoms with Gasteiger partial charge in [0.15, 0.2) is 0 Å². The van der Waals surface area contributed by atoms with Crippen LogP contribution in [0.2, 0.25) is 0 Å². The van der Waals surface area contributed by atoms with Crippen LogP contribution in [0.25, 0.3) is 0 Å². The Labute approximate surface area is 122 Å². The highest BCUT2D eigenvalue weighted by Crippen LogP contribution is 2.44.